The fourth-order valence-electron chi connectivity index (χ4n) is 2.05. The molecule has 5 nitrogen and oxygen atoms in total. The second-order valence-corrected chi connectivity index (χ2v) is 5.16. The molecule has 0 fully saturated rings. The number of hydrogen-bond donors (Lipinski definition) is 2. The number of benzene rings is 1. The van der Waals surface area contributed by atoms with Crippen molar-refractivity contribution in [2.24, 2.45) is 0 Å². The number of hydrogen-bond acceptors (Lipinski definition) is 3. The highest BCUT2D eigenvalue weighted by Crippen LogP contribution is 2.16. The molecule has 2 amide bonds. The lowest BCUT2D eigenvalue weighted by Gasteiger charge is -2.29. The third-order valence-corrected chi connectivity index (χ3v) is 3.44. The Kier molecular flexibility index (Phi) is 4.98. The molecule has 1 heterocycles. The van der Waals surface area contributed by atoms with Crippen LogP contribution in [0.5, 0.6) is 0 Å². The Morgan fingerprint density at radius 1 is 1.38 bits per heavy atom. The molecule has 1 aliphatic rings. The number of nitrogens with zero attached hydrogens (tertiary/aromatic N) is 1. The molecule has 0 aromatic heterocycles. The highest BCUT2D eigenvalue weighted by molar-refractivity contribution is 5.88. The Morgan fingerprint density at radius 2 is 2.10 bits per heavy atom. The van der Waals surface area contributed by atoms with Gasteiger partial charge in [0.15, 0.2) is 0 Å². The molecule has 112 valence electrons. The molecule has 0 radical (unpaired) electrons. The molecule has 1 aromatic rings. The maximum absolute atomic E-state index is 11.9. The number of amides is 2. The molecule has 2 rings (SSSR count). The van der Waals surface area contributed by atoms with Gasteiger partial charge in [-0.15, -0.1) is 0 Å². The highest BCUT2D eigenvalue weighted by Gasteiger charge is 2.22. The average molecular weight is 287 g/mol. The Balaban J connectivity index is 2.00. The molecule has 21 heavy (non-hydrogen) atoms. The molecular weight excluding hydrogens is 266 g/mol. The van der Waals surface area contributed by atoms with Crippen LogP contribution < -0.4 is 10.7 Å². The Bertz CT molecular complexity index is 540. The minimum absolute atomic E-state index is 0.0212. The van der Waals surface area contributed by atoms with Gasteiger partial charge in [-0.05, 0) is 25.0 Å². The van der Waals surface area contributed by atoms with Crippen molar-refractivity contribution in [2.45, 2.75) is 32.7 Å². The molecule has 0 bridgehead atoms. The van der Waals surface area contributed by atoms with Gasteiger partial charge in [-0.3, -0.25) is 15.0 Å². The lowest BCUT2D eigenvalue weighted by atomic mass is 10.1. The molecule has 1 aliphatic heterocycles. The van der Waals surface area contributed by atoms with E-state index in [4.69, 9.17) is 0 Å². The van der Waals surface area contributed by atoms with E-state index in [-0.39, 0.29) is 24.4 Å². The zero-order valence-electron chi connectivity index (χ0n) is 12.4. The largest absolute Gasteiger partial charge is 0.352 e. The van der Waals surface area contributed by atoms with E-state index >= 15 is 0 Å². The summed E-state index contributed by atoms with van der Waals surface area (Å²) in [5, 5.41) is 4.23. The van der Waals surface area contributed by atoms with Gasteiger partial charge in [0.2, 0.25) is 11.8 Å². The molecule has 0 saturated carbocycles. The van der Waals surface area contributed by atoms with Crippen molar-refractivity contribution >= 4 is 17.5 Å². The number of rotatable bonds is 5. The van der Waals surface area contributed by atoms with E-state index in [1.807, 2.05) is 50.3 Å². The standard InChI is InChI=1S/C16H21N3O2/c1-3-12(2)17-15(20)11-19-16(21)10-9-14(18-19)13-7-5-4-6-8-13/h4-9,12,18H,3,10-11H2,1-2H3,(H,17,20). The first-order valence-corrected chi connectivity index (χ1v) is 7.22. The zero-order valence-corrected chi connectivity index (χ0v) is 12.4. The lowest BCUT2D eigenvalue weighted by Crippen LogP contribution is -2.50. The fraction of sp³-hybridized carbons (Fsp3) is 0.375. The van der Waals surface area contributed by atoms with Crippen LogP contribution in [0.2, 0.25) is 0 Å². The summed E-state index contributed by atoms with van der Waals surface area (Å²) in [4.78, 5) is 23.8. The smallest absolute Gasteiger partial charge is 0.245 e. The van der Waals surface area contributed by atoms with E-state index in [0.29, 0.717) is 6.42 Å². The monoisotopic (exact) mass is 287 g/mol. The van der Waals surface area contributed by atoms with Crippen LogP contribution >= 0.6 is 0 Å². The third kappa shape index (κ3) is 4.08. The van der Waals surface area contributed by atoms with E-state index in [0.717, 1.165) is 17.7 Å². The summed E-state index contributed by atoms with van der Waals surface area (Å²) >= 11 is 0. The number of nitrogens with one attached hydrogen (secondary N) is 2. The summed E-state index contributed by atoms with van der Waals surface area (Å²) in [5.41, 5.74) is 4.88. The van der Waals surface area contributed by atoms with Crippen LogP contribution in [-0.2, 0) is 9.59 Å². The number of hydrazine groups is 1. The molecule has 0 aliphatic carbocycles. The van der Waals surface area contributed by atoms with Crippen molar-refractivity contribution in [1.82, 2.24) is 15.8 Å². The summed E-state index contributed by atoms with van der Waals surface area (Å²) in [5.74, 6) is -0.256. The highest BCUT2D eigenvalue weighted by atomic mass is 16.2. The van der Waals surface area contributed by atoms with Crippen LogP contribution in [0.4, 0.5) is 0 Å². The van der Waals surface area contributed by atoms with Crippen LogP contribution in [0, 0.1) is 0 Å². The van der Waals surface area contributed by atoms with Crippen molar-refractivity contribution in [3.8, 4) is 0 Å². The van der Waals surface area contributed by atoms with Gasteiger partial charge in [0, 0.05) is 12.5 Å². The Morgan fingerprint density at radius 3 is 2.76 bits per heavy atom. The first-order valence-electron chi connectivity index (χ1n) is 7.22. The van der Waals surface area contributed by atoms with E-state index in [2.05, 4.69) is 10.7 Å². The van der Waals surface area contributed by atoms with E-state index < -0.39 is 0 Å². The van der Waals surface area contributed by atoms with Crippen molar-refractivity contribution in [3.63, 3.8) is 0 Å². The van der Waals surface area contributed by atoms with Crippen LogP contribution in [-0.4, -0.2) is 29.4 Å². The van der Waals surface area contributed by atoms with Crippen LogP contribution in [0.15, 0.2) is 36.4 Å². The minimum atomic E-state index is -0.153. The fourth-order valence-corrected chi connectivity index (χ4v) is 2.05. The van der Waals surface area contributed by atoms with E-state index in [9.17, 15) is 9.59 Å². The van der Waals surface area contributed by atoms with Gasteiger partial charge < -0.3 is 5.32 Å². The maximum Gasteiger partial charge on any atom is 0.245 e. The van der Waals surface area contributed by atoms with Gasteiger partial charge in [0.25, 0.3) is 0 Å². The summed E-state index contributed by atoms with van der Waals surface area (Å²) in [6.07, 6.45) is 3.01. The molecule has 1 unspecified atom stereocenters. The van der Waals surface area contributed by atoms with Crippen LogP contribution in [0.25, 0.3) is 5.70 Å². The van der Waals surface area contributed by atoms with E-state index in [1.165, 1.54) is 5.01 Å². The van der Waals surface area contributed by atoms with Gasteiger partial charge in [-0.1, -0.05) is 37.3 Å². The van der Waals surface area contributed by atoms with E-state index in [1.54, 1.807) is 0 Å². The van der Waals surface area contributed by atoms with Gasteiger partial charge in [-0.25, -0.2) is 5.01 Å². The molecule has 0 spiro atoms. The average Bonchev–Trinajstić information content (AvgIpc) is 2.50. The van der Waals surface area contributed by atoms with Gasteiger partial charge in [0.1, 0.15) is 6.54 Å². The van der Waals surface area contributed by atoms with Crippen molar-refractivity contribution in [1.29, 1.82) is 0 Å². The van der Waals surface area contributed by atoms with Gasteiger partial charge >= 0.3 is 0 Å². The Labute approximate surface area is 125 Å². The van der Waals surface area contributed by atoms with Gasteiger partial charge in [-0.2, -0.15) is 0 Å². The molecule has 0 saturated heterocycles. The molecule has 5 heteroatoms. The summed E-state index contributed by atoms with van der Waals surface area (Å²) < 4.78 is 0. The number of carbonyl (C=O) groups is 2. The van der Waals surface area contributed by atoms with Crippen LogP contribution in [0.1, 0.15) is 32.3 Å². The molecule has 1 aromatic carbocycles. The van der Waals surface area contributed by atoms with Crippen molar-refractivity contribution in [3.05, 3.63) is 42.0 Å². The third-order valence-electron chi connectivity index (χ3n) is 3.44. The predicted molar refractivity (Wildman–Crippen MR) is 81.8 cm³/mol. The first kappa shape index (κ1) is 15.1. The number of carbonyl (C=O) groups excluding carboxylic acids is 2. The summed E-state index contributed by atoms with van der Waals surface area (Å²) in [6.45, 7) is 3.97. The zero-order chi connectivity index (χ0) is 15.2. The molecule has 2 N–H and O–H groups in total. The van der Waals surface area contributed by atoms with Crippen molar-refractivity contribution in [2.75, 3.05) is 6.54 Å². The molecular formula is C16H21N3O2. The SMILES string of the molecule is CCC(C)NC(=O)CN1NC(c2ccccc2)=CCC1=O. The van der Waals surface area contributed by atoms with Gasteiger partial charge in [0.05, 0.1) is 5.70 Å². The van der Waals surface area contributed by atoms with Crippen molar-refractivity contribution < 1.29 is 9.59 Å². The quantitative estimate of drug-likeness (QED) is 0.866. The minimum Gasteiger partial charge on any atom is -0.352 e. The second kappa shape index (κ2) is 6.92. The summed E-state index contributed by atoms with van der Waals surface area (Å²) in [7, 11) is 0. The molecule has 1 atom stereocenters. The summed E-state index contributed by atoms with van der Waals surface area (Å²) in [6, 6.07) is 9.86. The Hall–Kier alpha value is -2.30. The predicted octanol–water partition coefficient (Wildman–Crippen LogP) is 1.68. The maximum atomic E-state index is 11.9. The lowest BCUT2D eigenvalue weighted by molar-refractivity contribution is -0.138. The second-order valence-electron chi connectivity index (χ2n) is 5.16. The topological polar surface area (TPSA) is 61.4 Å². The van der Waals surface area contributed by atoms with Crippen LogP contribution in [0.3, 0.4) is 0 Å². The normalized spacial score (nSPS) is 16.0. The first-order chi connectivity index (χ1) is 10.1.